The van der Waals surface area contributed by atoms with Crippen molar-refractivity contribution >= 4 is 29.4 Å². The third-order valence-electron chi connectivity index (χ3n) is 11.1. The lowest BCUT2D eigenvalue weighted by atomic mass is 9.76. The molecule has 3 saturated heterocycles. The van der Waals surface area contributed by atoms with Crippen LogP contribution in [0.4, 0.5) is 4.79 Å². The van der Waals surface area contributed by atoms with Gasteiger partial charge in [-0.15, -0.1) is 0 Å². The van der Waals surface area contributed by atoms with Gasteiger partial charge in [-0.2, -0.15) is 0 Å². The van der Waals surface area contributed by atoms with Crippen molar-refractivity contribution in [2.24, 2.45) is 23.7 Å². The predicted molar refractivity (Wildman–Crippen MR) is 206 cm³/mol. The average molecular weight is 776 g/mol. The number of hydrogen-bond acceptors (Lipinski definition) is 11. The van der Waals surface area contributed by atoms with Gasteiger partial charge in [0.1, 0.15) is 19.1 Å². The number of ketones is 1. The van der Waals surface area contributed by atoms with Gasteiger partial charge in [0.25, 0.3) is 0 Å². The summed E-state index contributed by atoms with van der Waals surface area (Å²) in [6.07, 6.45) is 4.24. The number of halogens is 1. The normalized spacial score (nSPS) is 35.1. The number of esters is 1. The van der Waals surface area contributed by atoms with Gasteiger partial charge in [0.15, 0.2) is 23.6 Å². The minimum atomic E-state index is -1.19. The highest BCUT2D eigenvalue weighted by molar-refractivity contribution is 6.30. The maximum Gasteiger partial charge on any atom is 0.408 e. The first-order chi connectivity index (χ1) is 25.6. The number of Topliss-reactive ketones (excluding diaryl/α,β-unsaturated/α-hetero) is 1. The number of ether oxygens (including phenoxy) is 6. The SMILES string of the molecule is CCC=C(NCc1ccc(Cl)cc1)OC/C=C1/C(C)C2NC(=O)O[C@]2(C)COC(=O)C(C)C(=O)[C@H](C)[C@@H](OC2CC(N(C)C)CC(C)O2)C(OC)C[C@H]1C. The van der Waals surface area contributed by atoms with E-state index in [2.05, 4.69) is 22.5 Å². The molecule has 2 N–H and O–H groups in total. The van der Waals surface area contributed by atoms with Crippen LogP contribution in [-0.4, -0.2) is 99.5 Å². The second-order valence-electron chi connectivity index (χ2n) is 15.6. The molecule has 302 valence electrons. The van der Waals surface area contributed by atoms with Gasteiger partial charge in [-0.1, -0.05) is 57.0 Å². The monoisotopic (exact) mass is 775 g/mol. The largest absolute Gasteiger partial charge is 0.475 e. The number of cyclic esters (lactones) is 1. The van der Waals surface area contributed by atoms with E-state index in [-0.39, 0.29) is 43.0 Å². The van der Waals surface area contributed by atoms with E-state index in [0.717, 1.165) is 24.0 Å². The van der Waals surface area contributed by atoms with Gasteiger partial charge in [-0.05, 0) is 89.9 Å². The van der Waals surface area contributed by atoms with Crippen molar-refractivity contribution in [2.75, 3.05) is 34.4 Å². The van der Waals surface area contributed by atoms with E-state index in [1.165, 1.54) is 0 Å². The van der Waals surface area contributed by atoms with Crippen LogP contribution in [0.25, 0.3) is 0 Å². The lowest BCUT2D eigenvalue weighted by molar-refractivity contribution is -0.245. The summed E-state index contributed by atoms with van der Waals surface area (Å²) in [6, 6.07) is 7.31. The van der Waals surface area contributed by atoms with Crippen LogP contribution >= 0.6 is 11.6 Å². The standard InChI is InChI=1S/C41H62ClN3O9/c1-11-12-34(43-22-29-13-15-30(42)16-14-29)50-18-17-32-24(2)19-33(49-10)37(53-35-21-31(45(8)9)20-25(3)52-35)27(5)36(46)28(6)39(47)51-23-41(7)38(26(32)4)44-40(48)54-41/h12-17,24-28,31,33,35,37-38,43H,11,18-23H2,1-10H3,(H,44,48)/b32-17+,34-12?/t24-,25?,26?,27+,28?,31?,33?,35?,37-,38?,41-/m1/s1. The van der Waals surface area contributed by atoms with Gasteiger partial charge in [0, 0.05) is 43.0 Å². The molecule has 54 heavy (non-hydrogen) atoms. The Morgan fingerprint density at radius 3 is 2.41 bits per heavy atom. The van der Waals surface area contributed by atoms with E-state index < -0.39 is 54.0 Å². The Bertz CT molecular complexity index is 1490. The van der Waals surface area contributed by atoms with Crippen molar-refractivity contribution in [1.29, 1.82) is 0 Å². The number of rotatable bonds is 11. The zero-order valence-electron chi connectivity index (χ0n) is 33.7. The molecule has 0 aromatic heterocycles. The summed E-state index contributed by atoms with van der Waals surface area (Å²) in [7, 11) is 5.70. The molecule has 12 nitrogen and oxygen atoms in total. The van der Waals surface area contributed by atoms with Crippen molar-refractivity contribution in [3.63, 3.8) is 0 Å². The molecule has 0 bridgehead atoms. The van der Waals surface area contributed by atoms with Crippen LogP contribution in [-0.2, 0) is 44.6 Å². The van der Waals surface area contributed by atoms with Crippen LogP contribution in [0, 0.1) is 23.7 Å². The van der Waals surface area contributed by atoms with Gasteiger partial charge in [-0.25, -0.2) is 4.79 Å². The molecule has 13 heteroatoms. The number of nitrogens with one attached hydrogen (secondary N) is 2. The number of methoxy groups -OCH3 is 1. The minimum absolute atomic E-state index is 0.0460. The minimum Gasteiger partial charge on any atom is -0.475 e. The molecule has 11 atom stereocenters. The van der Waals surface area contributed by atoms with E-state index in [1.54, 1.807) is 27.9 Å². The van der Waals surface area contributed by atoms with Crippen molar-refractivity contribution < 1.29 is 42.8 Å². The van der Waals surface area contributed by atoms with Crippen molar-refractivity contribution in [2.45, 2.75) is 123 Å². The summed E-state index contributed by atoms with van der Waals surface area (Å²) in [5, 5.41) is 7.03. The van der Waals surface area contributed by atoms with Crippen LogP contribution in [0.2, 0.25) is 5.02 Å². The number of amides is 1. The molecule has 3 heterocycles. The summed E-state index contributed by atoms with van der Waals surface area (Å²) >= 11 is 6.08. The Kier molecular flexibility index (Phi) is 15.8. The number of fused-ring (bicyclic) bond motifs is 1. The second-order valence-corrected chi connectivity index (χ2v) is 16.0. The first-order valence-corrected chi connectivity index (χ1v) is 19.7. The van der Waals surface area contributed by atoms with Crippen molar-refractivity contribution in [3.05, 3.63) is 58.5 Å². The van der Waals surface area contributed by atoms with Crippen LogP contribution < -0.4 is 10.6 Å². The molecule has 3 aliphatic rings. The summed E-state index contributed by atoms with van der Waals surface area (Å²) in [5.74, 6) is -2.61. The predicted octanol–water partition coefficient (Wildman–Crippen LogP) is 6.41. The highest BCUT2D eigenvalue weighted by Gasteiger charge is 2.51. The average Bonchev–Trinajstić information content (AvgIpc) is 3.44. The first-order valence-electron chi connectivity index (χ1n) is 19.3. The van der Waals surface area contributed by atoms with Gasteiger partial charge in [-0.3, -0.25) is 9.59 Å². The zero-order chi connectivity index (χ0) is 39.7. The zero-order valence-corrected chi connectivity index (χ0v) is 34.4. The maximum absolute atomic E-state index is 14.0. The lowest BCUT2D eigenvalue weighted by Gasteiger charge is -2.41. The fourth-order valence-electron chi connectivity index (χ4n) is 7.92. The number of carbonyl (C=O) groups is 3. The molecule has 1 aromatic rings. The number of allylic oxidation sites excluding steroid dienone is 1. The fourth-order valence-corrected chi connectivity index (χ4v) is 8.04. The van der Waals surface area contributed by atoms with E-state index in [9.17, 15) is 14.4 Å². The van der Waals surface area contributed by atoms with E-state index in [0.29, 0.717) is 30.3 Å². The van der Waals surface area contributed by atoms with E-state index in [4.69, 9.17) is 40.0 Å². The van der Waals surface area contributed by atoms with Gasteiger partial charge in [0.2, 0.25) is 0 Å². The number of carbonyl (C=O) groups excluding carboxylic acids is 3. The molecule has 0 aliphatic carbocycles. The fraction of sp³-hybridized carbons (Fsp3) is 0.683. The van der Waals surface area contributed by atoms with Crippen molar-refractivity contribution in [3.8, 4) is 0 Å². The van der Waals surface area contributed by atoms with Gasteiger partial charge >= 0.3 is 12.1 Å². The summed E-state index contributed by atoms with van der Waals surface area (Å²) < 4.78 is 37.0. The molecule has 3 fully saturated rings. The third-order valence-corrected chi connectivity index (χ3v) is 11.4. The Morgan fingerprint density at radius 2 is 1.76 bits per heavy atom. The number of nitrogens with zero attached hydrogens (tertiary/aromatic N) is 1. The van der Waals surface area contributed by atoms with Gasteiger partial charge < -0.3 is 44.0 Å². The smallest absolute Gasteiger partial charge is 0.408 e. The number of benzene rings is 1. The quantitative estimate of drug-likeness (QED) is 0.112. The third kappa shape index (κ3) is 11.2. The first kappa shape index (κ1) is 43.6. The molecular weight excluding hydrogens is 714 g/mol. The number of alkyl carbamates (subject to hydrolysis) is 1. The number of hydrogen-bond donors (Lipinski definition) is 2. The van der Waals surface area contributed by atoms with Gasteiger partial charge in [0.05, 0.1) is 24.4 Å². The Hall–Kier alpha value is -3.16. The molecule has 3 aliphatic heterocycles. The summed E-state index contributed by atoms with van der Waals surface area (Å²) in [5.41, 5.74) is 0.850. The lowest BCUT2D eigenvalue weighted by Crippen LogP contribution is -2.52. The van der Waals surface area contributed by atoms with Crippen LogP contribution in [0.5, 0.6) is 0 Å². The topological polar surface area (TPSA) is 134 Å². The second kappa shape index (κ2) is 19.6. The molecule has 0 spiro atoms. The summed E-state index contributed by atoms with van der Waals surface area (Å²) in [4.78, 5) is 42.4. The Balaban J connectivity index is 1.67. The molecule has 1 aromatic carbocycles. The van der Waals surface area contributed by atoms with Crippen LogP contribution in [0.1, 0.15) is 79.7 Å². The van der Waals surface area contributed by atoms with E-state index in [1.807, 2.05) is 71.3 Å². The molecule has 1 amide bonds. The highest BCUT2D eigenvalue weighted by Crippen LogP contribution is 2.38. The Labute approximate surface area is 326 Å². The molecule has 7 unspecified atom stereocenters. The van der Waals surface area contributed by atoms with Crippen molar-refractivity contribution in [1.82, 2.24) is 15.5 Å². The maximum atomic E-state index is 14.0. The van der Waals surface area contributed by atoms with Crippen LogP contribution in [0.15, 0.2) is 47.9 Å². The van der Waals surface area contributed by atoms with E-state index >= 15 is 0 Å². The van der Waals surface area contributed by atoms with Crippen LogP contribution in [0.3, 0.4) is 0 Å². The summed E-state index contributed by atoms with van der Waals surface area (Å²) in [6.45, 7) is 13.8. The molecule has 4 rings (SSSR count). The molecule has 0 saturated carbocycles. The Morgan fingerprint density at radius 1 is 1.06 bits per heavy atom. The molecular formula is C41H62ClN3O9. The highest BCUT2D eigenvalue weighted by atomic mass is 35.5. The molecule has 0 radical (unpaired) electrons.